The van der Waals surface area contributed by atoms with Crippen molar-refractivity contribution in [3.63, 3.8) is 0 Å². The summed E-state index contributed by atoms with van der Waals surface area (Å²) in [6.45, 7) is 0.758. The van der Waals surface area contributed by atoms with Crippen molar-refractivity contribution in [3.05, 3.63) is 29.6 Å². The van der Waals surface area contributed by atoms with Crippen LogP contribution in [0.1, 0.15) is 5.56 Å². The summed E-state index contributed by atoms with van der Waals surface area (Å²) in [6, 6.07) is 4.84. The fourth-order valence-electron chi connectivity index (χ4n) is 1.29. The maximum atomic E-state index is 12.9. The molecule has 0 aliphatic carbocycles. The molecule has 0 aromatic heterocycles. The summed E-state index contributed by atoms with van der Waals surface area (Å²) in [5.74, 6) is -0.191. The molecule has 1 aromatic rings. The average Bonchev–Trinajstić information content (AvgIpc) is 2.08. The topological polar surface area (TPSA) is 15.3 Å². The first-order chi connectivity index (χ1) is 6.15. The molecule has 3 heteroatoms. The summed E-state index contributed by atoms with van der Waals surface area (Å²) in [6.07, 6.45) is 0. The molecule has 0 aliphatic heterocycles. The second-order valence-electron chi connectivity index (χ2n) is 3.20. The number of anilines is 1. The zero-order chi connectivity index (χ0) is 9.84. The summed E-state index contributed by atoms with van der Waals surface area (Å²) in [5.41, 5.74) is 2.03. The predicted octanol–water partition coefficient (Wildman–Crippen LogP) is 1.61. The van der Waals surface area contributed by atoms with Crippen LogP contribution in [0.2, 0.25) is 0 Å². The lowest BCUT2D eigenvalue weighted by Gasteiger charge is -2.17. The first-order valence-electron chi connectivity index (χ1n) is 4.25. The molecule has 0 unspecified atom stereocenters. The van der Waals surface area contributed by atoms with Gasteiger partial charge in [0.05, 0.1) is 0 Å². The van der Waals surface area contributed by atoms with E-state index < -0.39 is 0 Å². The molecule has 0 atom stereocenters. The van der Waals surface area contributed by atoms with E-state index in [2.05, 4.69) is 5.32 Å². The van der Waals surface area contributed by atoms with Gasteiger partial charge in [-0.15, -0.1) is 0 Å². The van der Waals surface area contributed by atoms with Crippen LogP contribution in [0, 0.1) is 5.82 Å². The Hall–Kier alpha value is -1.09. The Balaban J connectivity index is 3.03. The van der Waals surface area contributed by atoms with Crippen molar-refractivity contribution in [2.45, 2.75) is 6.54 Å². The van der Waals surface area contributed by atoms with Crippen molar-refractivity contribution in [1.29, 1.82) is 0 Å². The molecule has 0 bridgehead atoms. The van der Waals surface area contributed by atoms with Crippen molar-refractivity contribution >= 4 is 5.69 Å². The molecule has 0 aliphatic rings. The first-order valence-corrected chi connectivity index (χ1v) is 4.25. The van der Waals surface area contributed by atoms with Gasteiger partial charge in [-0.1, -0.05) is 6.07 Å². The van der Waals surface area contributed by atoms with Gasteiger partial charge in [0, 0.05) is 26.3 Å². The van der Waals surface area contributed by atoms with Crippen LogP contribution in [0.4, 0.5) is 10.1 Å². The minimum absolute atomic E-state index is 0.191. The first kappa shape index (κ1) is 9.99. The maximum Gasteiger partial charge on any atom is 0.125 e. The SMILES string of the molecule is CNCc1ccc(F)cc1N(C)C. The molecule has 0 spiro atoms. The normalized spacial score (nSPS) is 10.2. The highest BCUT2D eigenvalue weighted by Crippen LogP contribution is 2.19. The predicted molar refractivity (Wildman–Crippen MR) is 53.5 cm³/mol. The Morgan fingerprint density at radius 1 is 1.38 bits per heavy atom. The molecule has 2 nitrogen and oxygen atoms in total. The summed E-state index contributed by atoms with van der Waals surface area (Å²) in [4.78, 5) is 1.91. The molecule has 1 N–H and O–H groups in total. The van der Waals surface area contributed by atoms with Crippen LogP contribution in [0.5, 0.6) is 0 Å². The standard InChI is InChI=1S/C10H15FN2/c1-12-7-8-4-5-9(11)6-10(8)13(2)3/h4-6,12H,7H2,1-3H3. The van der Waals surface area contributed by atoms with Crippen molar-refractivity contribution in [2.24, 2.45) is 0 Å². The van der Waals surface area contributed by atoms with Gasteiger partial charge in [0.15, 0.2) is 0 Å². The second-order valence-corrected chi connectivity index (χ2v) is 3.20. The summed E-state index contributed by atoms with van der Waals surface area (Å²) in [7, 11) is 5.70. The van der Waals surface area contributed by atoms with Gasteiger partial charge in [-0.2, -0.15) is 0 Å². The number of nitrogens with zero attached hydrogens (tertiary/aromatic N) is 1. The Labute approximate surface area is 78.4 Å². The average molecular weight is 182 g/mol. The van der Waals surface area contributed by atoms with Crippen LogP contribution in [0.25, 0.3) is 0 Å². The molecule has 1 rings (SSSR count). The third-order valence-corrected chi connectivity index (χ3v) is 1.90. The largest absolute Gasteiger partial charge is 0.377 e. The molecule has 72 valence electrons. The Bertz CT molecular complexity index is 284. The highest BCUT2D eigenvalue weighted by molar-refractivity contribution is 5.52. The van der Waals surface area contributed by atoms with Crippen LogP contribution in [-0.2, 0) is 6.54 Å². The van der Waals surface area contributed by atoms with Gasteiger partial charge in [0.1, 0.15) is 5.82 Å². The molecular formula is C10H15FN2. The lowest BCUT2D eigenvalue weighted by molar-refractivity contribution is 0.626. The van der Waals surface area contributed by atoms with Crippen LogP contribution in [-0.4, -0.2) is 21.1 Å². The van der Waals surface area contributed by atoms with Gasteiger partial charge in [0.2, 0.25) is 0 Å². The zero-order valence-electron chi connectivity index (χ0n) is 8.26. The molecule has 0 fully saturated rings. The number of rotatable bonds is 3. The Kier molecular flexibility index (Phi) is 3.25. The van der Waals surface area contributed by atoms with Gasteiger partial charge in [-0.3, -0.25) is 0 Å². The molecule has 0 radical (unpaired) electrons. The third kappa shape index (κ3) is 2.42. The molecule has 0 amide bonds. The van der Waals surface area contributed by atoms with Crippen LogP contribution in [0.15, 0.2) is 18.2 Å². The lowest BCUT2D eigenvalue weighted by Crippen LogP contribution is -2.15. The fraction of sp³-hybridized carbons (Fsp3) is 0.400. The molecule has 13 heavy (non-hydrogen) atoms. The van der Waals surface area contributed by atoms with E-state index in [1.165, 1.54) is 6.07 Å². The number of nitrogens with one attached hydrogen (secondary N) is 1. The lowest BCUT2D eigenvalue weighted by atomic mass is 10.1. The van der Waals surface area contributed by atoms with Gasteiger partial charge in [0.25, 0.3) is 0 Å². The van der Waals surface area contributed by atoms with Crippen LogP contribution >= 0.6 is 0 Å². The third-order valence-electron chi connectivity index (χ3n) is 1.90. The van der Waals surface area contributed by atoms with Gasteiger partial charge < -0.3 is 10.2 Å². The van der Waals surface area contributed by atoms with Crippen molar-refractivity contribution < 1.29 is 4.39 Å². The second kappa shape index (κ2) is 4.23. The molecule has 1 aromatic carbocycles. The summed E-state index contributed by atoms with van der Waals surface area (Å²) in [5, 5.41) is 3.05. The van der Waals surface area contributed by atoms with E-state index in [0.29, 0.717) is 0 Å². The van der Waals surface area contributed by atoms with Crippen LogP contribution < -0.4 is 10.2 Å². The van der Waals surface area contributed by atoms with Crippen LogP contribution in [0.3, 0.4) is 0 Å². The quantitative estimate of drug-likeness (QED) is 0.764. The monoisotopic (exact) mass is 182 g/mol. The number of hydrogen-bond acceptors (Lipinski definition) is 2. The van der Waals surface area contributed by atoms with E-state index in [1.54, 1.807) is 12.1 Å². The van der Waals surface area contributed by atoms with E-state index in [-0.39, 0.29) is 5.82 Å². The highest BCUT2D eigenvalue weighted by Gasteiger charge is 2.04. The van der Waals surface area contributed by atoms with Gasteiger partial charge >= 0.3 is 0 Å². The van der Waals surface area contributed by atoms with Crippen molar-refractivity contribution in [1.82, 2.24) is 5.32 Å². The minimum Gasteiger partial charge on any atom is -0.377 e. The minimum atomic E-state index is -0.191. The van der Waals surface area contributed by atoms with E-state index >= 15 is 0 Å². The zero-order valence-corrected chi connectivity index (χ0v) is 8.26. The van der Waals surface area contributed by atoms with E-state index in [4.69, 9.17) is 0 Å². The number of hydrogen-bond donors (Lipinski definition) is 1. The molecule has 0 saturated carbocycles. The summed E-state index contributed by atoms with van der Waals surface area (Å²) < 4.78 is 12.9. The molecular weight excluding hydrogens is 167 g/mol. The molecule has 0 heterocycles. The smallest absolute Gasteiger partial charge is 0.125 e. The van der Waals surface area contributed by atoms with E-state index in [9.17, 15) is 4.39 Å². The Morgan fingerprint density at radius 2 is 2.08 bits per heavy atom. The van der Waals surface area contributed by atoms with E-state index in [0.717, 1.165) is 17.8 Å². The van der Waals surface area contributed by atoms with Crippen molar-refractivity contribution in [3.8, 4) is 0 Å². The molecule has 0 saturated heterocycles. The van der Waals surface area contributed by atoms with Gasteiger partial charge in [-0.25, -0.2) is 4.39 Å². The number of benzene rings is 1. The Morgan fingerprint density at radius 3 is 2.62 bits per heavy atom. The fourth-order valence-corrected chi connectivity index (χ4v) is 1.29. The summed E-state index contributed by atoms with van der Waals surface area (Å²) >= 11 is 0. The van der Waals surface area contributed by atoms with E-state index in [1.807, 2.05) is 26.0 Å². The maximum absolute atomic E-state index is 12.9. The van der Waals surface area contributed by atoms with Gasteiger partial charge in [-0.05, 0) is 24.7 Å². The van der Waals surface area contributed by atoms with Crippen molar-refractivity contribution in [2.75, 3.05) is 26.0 Å². The number of halogens is 1. The highest BCUT2D eigenvalue weighted by atomic mass is 19.1.